The van der Waals surface area contributed by atoms with Crippen LogP contribution in [0.5, 0.6) is 5.75 Å². The van der Waals surface area contributed by atoms with Gasteiger partial charge in [0.15, 0.2) is 5.78 Å². The van der Waals surface area contributed by atoms with Gasteiger partial charge in [-0.1, -0.05) is 34.1 Å². The van der Waals surface area contributed by atoms with Crippen molar-refractivity contribution in [3.8, 4) is 5.75 Å². The fourth-order valence-corrected chi connectivity index (χ4v) is 2.15. The summed E-state index contributed by atoms with van der Waals surface area (Å²) in [6.07, 6.45) is 3.21. The van der Waals surface area contributed by atoms with Crippen molar-refractivity contribution in [3.63, 3.8) is 0 Å². The Labute approximate surface area is 136 Å². The molecule has 0 heterocycles. The molecule has 22 heavy (non-hydrogen) atoms. The lowest BCUT2D eigenvalue weighted by Crippen LogP contribution is -2.28. The van der Waals surface area contributed by atoms with Crippen LogP contribution in [-0.4, -0.2) is 18.4 Å². The van der Waals surface area contributed by atoms with E-state index in [1.165, 1.54) is 6.08 Å². The van der Waals surface area contributed by atoms with Crippen molar-refractivity contribution in [2.24, 2.45) is 0 Å². The molecule has 0 amide bonds. The van der Waals surface area contributed by atoms with Gasteiger partial charge in [0.05, 0.1) is 5.97 Å². The van der Waals surface area contributed by atoms with Gasteiger partial charge in [0.25, 0.3) is 0 Å². The summed E-state index contributed by atoms with van der Waals surface area (Å²) in [5.74, 6) is -1.07. The minimum absolute atomic E-state index is 0.151. The molecule has 0 bridgehead atoms. The van der Waals surface area contributed by atoms with E-state index in [9.17, 15) is 14.7 Å². The van der Waals surface area contributed by atoms with E-state index in [1.54, 1.807) is 30.3 Å². The van der Waals surface area contributed by atoms with Gasteiger partial charge in [-0.15, -0.1) is 0 Å². The maximum atomic E-state index is 12.1. The van der Waals surface area contributed by atoms with Crippen LogP contribution in [0.4, 0.5) is 0 Å². The van der Waals surface area contributed by atoms with Gasteiger partial charge in [0.2, 0.25) is 0 Å². The van der Waals surface area contributed by atoms with Crippen LogP contribution in [0.15, 0.2) is 59.1 Å². The number of carbonyl (C=O) groups is 2. The molecule has 0 spiro atoms. The third-order valence-corrected chi connectivity index (χ3v) is 3.54. The molecule has 0 aliphatic carbocycles. The number of allylic oxidation sites excluding steroid dienone is 1. The lowest BCUT2D eigenvalue weighted by Gasteiger charge is -2.06. The van der Waals surface area contributed by atoms with Crippen molar-refractivity contribution in [1.29, 1.82) is 0 Å². The maximum Gasteiger partial charge on any atom is 0.185 e. The summed E-state index contributed by atoms with van der Waals surface area (Å²) in [4.78, 5) is 22.4. The molecule has 2 aromatic rings. The highest BCUT2D eigenvalue weighted by Crippen LogP contribution is 2.18. The number of halogens is 1. The fraction of sp³-hybridized carbons (Fsp3) is 0.0588. The van der Waals surface area contributed by atoms with Crippen LogP contribution in [0, 0.1) is 0 Å². The van der Waals surface area contributed by atoms with Gasteiger partial charge in [-0.25, -0.2) is 0 Å². The molecule has 0 aliphatic rings. The average molecular weight is 360 g/mol. The summed E-state index contributed by atoms with van der Waals surface area (Å²) in [6.45, 7) is -0.519. The van der Waals surface area contributed by atoms with Crippen LogP contribution >= 0.6 is 15.9 Å². The normalized spacial score (nSPS) is 10.6. The second-order valence-corrected chi connectivity index (χ2v) is 5.26. The van der Waals surface area contributed by atoms with E-state index in [0.29, 0.717) is 11.3 Å². The van der Waals surface area contributed by atoms with Gasteiger partial charge in [-0.3, -0.25) is 4.79 Å². The van der Waals surface area contributed by atoms with E-state index < -0.39 is 12.6 Å². The number of ether oxygens (including phenoxy) is 1. The minimum Gasteiger partial charge on any atom is -0.546 e. The van der Waals surface area contributed by atoms with Crippen molar-refractivity contribution in [2.45, 2.75) is 0 Å². The SMILES string of the molecule is O=C([O-])COc1ccc(C(=O)/C=C/c2ccccc2Br)cc1. The zero-order chi connectivity index (χ0) is 15.9. The molecule has 0 atom stereocenters. The maximum absolute atomic E-state index is 12.1. The Morgan fingerprint density at radius 2 is 1.77 bits per heavy atom. The summed E-state index contributed by atoms with van der Waals surface area (Å²) in [7, 11) is 0. The van der Waals surface area contributed by atoms with E-state index in [0.717, 1.165) is 10.0 Å². The zero-order valence-electron chi connectivity index (χ0n) is 11.5. The first-order valence-corrected chi connectivity index (χ1v) is 7.25. The van der Waals surface area contributed by atoms with Gasteiger partial charge in [0, 0.05) is 10.0 Å². The van der Waals surface area contributed by atoms with Gasteiger partial charge in [0.1, 0.15) is 12.4 Å². The van der Waals surface area contributed by atoms with Crippen LogP contribution < -0.4 is 9.84 Å². The molecule has 0 unspecified atom stereocenters. The number of ketones is 1. The summed E-state index contributed by atoms with van der Waals surface area (Å²) in [6, 6.07) is 13.8. The predicted molar refractivity (Wildman–Crippen MR) is 84.5 cm³/mol. The molecule has 0 aliphatic heterocycles. The molecule has 0 N–H and O–H groups in total. The Morgan fingerprint density at radius 1 is 1.09 bits per heavy atom. The van der Waals surface area contributed by atoms with E-state index in [2.05, 4.69) is 15.9 Å². The first-order chi connectivity index (χ1) is 10.6. The highest BCUT2D eigenvalue weighted by Gasteiger charge is 2.03. The third kappa shape index (κ3) is 4.56. The van der Waals surface area contributed by atoms with E-state index >= 15 is 0 Å². The number of hydrogen-bond acceptors (Lipinski definition) is 4. The lowest BCUT2D eigenvalue weighted by molar-refractivity contribution is -0.307. The van der Waals surface area contributed by atoms with Gasteiger partial charge < -0.3 is 14.6 Å². The largest absolute Gasteiger partial charge is 0.546 e. The number of hydrogen-bond donors (Lipinski definition) is 0. The summed E-state index contributed by atoms with van der Waals surface area (Å²) < 4.78 is 5.86. The molecular formula is C17H12BrO4-. The Balaban J connectivity index is 2.04. The third-order valence-electron chi connectivity index (χ3n) is 2.82. The number of benzene rings is 2. The molecule has 2 aromatic carbocycles. The van der Waals surface area contributed by atoms with Crippen LogP contribution in [0.25, 0.3) is 6.08 Å². The number of carboxylic acid groups (broad SMARTS) is 1. The molecule has 5 heteroatoms. The Morgan fingerprint density at radius 3 is 2.41 bits per heavy atom. The van der Waals surface area contributed by atoms with Gasteiger partial charge >= 0.3 is 0 Å². The molecule has 0 aromatic heterocycles. The van der Waals surface area contributed by atoms with Crippen molar-refractivity contribution in [1.82, 2.24) is 0 Å². The van der Waals surface area contributed by atoms with E-state index in [1.807, 2.05) is 24.3 Å². The van der Waals surface area contributed by atoms with Gasteiger partial charge in [-0.2, -0.15) is 0 Å². The Bertz CT molecular complexity index is 705. The van der Waals surface area contributed by atoms with Crippen molar-refractivity contribution >= 4 is 33.8 Å². The second kappa shape index (κ2) is 7.56. The van der Waals surface area contributed by atoms with Crippen LogP contribution in [0.2, 0.25) is 0 Å². The number of rotatable bonds is 6. The molecule has 0 fully saturated rings. The number of aliphatic carboxylic acids is 1. The second-order valence-electron chi connectivity index (χ2n) is 4.40. The lowest BCUT2D eigenvalue weighted by atomic mass is 10.1. The molecule has 2 rings (SSSR count). The molecule has 0 saturated heterocycles. The molecule has 112 valence electrons. The highest BCUT2D eigenvalue weighted by atomic mass is 79.9. The minimum atomic E-state index is -1.29. The molecular weight excluding hydrogens is 348 g/mol. The topological polar surface area (TPSA) is 66.4 Å². The van der Waals surface area contributed by atoms with E-state index in [-0.39, 0.29) is 5.78 Å². The first-order valence-electron chi connectivity index (χ1n) is 6.46. The zero-order valence-corrected chi connectivity index (χ0v) is 13.1. The fourth-order valence-electron chi connectivity index (χ4n) is 1.73. The standard InChI is InChI=1S/C17H13BrO4/c18-15-4-2-1-3-12(15)7-10-16(19)13-5-8-14(9-6-13)22-11-17(20)21/h1-10H,11H2,(H,20,21)/p-1/b10-7+. The Kier molecular flexibility index (Phi) is 5.49. The van der Waals surface area contributed by atoms with Gasteiger partial charge in [-0.05, 0) is 48.0 Å². The first kappa shape index (κ1) is 16.0. The summed E-state index contributed by atoms with van der Waals surface area (Å²) >= 11 is 3.41. The van der Waals surface area contributed by atoms with Crippen molar-refractivity contribution < 1.29 is 19.4 Å². The van der Waals surface area contributed by atoms with Crippen LogP contribution in [-0.2, 0) is 4.79 Å². The predicted octanol–water partition coefficient (Wildman–Crippen LogP) is 2.47. The van der Waals surface area contributed by atoms with Crippen molar-refractivity contribution in [3.05, 3.63) is 70.2 Å². The molecule has 4 nitrogen and oxygen atoms in total. The van der Waals surface area contributed by atoms with Crippen LogP contribution in [0.1, 0.15) is 15.9 Å². The van der Waals surface area contributed by atoms with Crippen LogP contribution in [0.3, 0.4) is 0 Å². The summed E-state index contributed by atoms with van der Waals surface area (Å²) in [5, 5.41) is 10.3. The number of carboxylic acids is 1. The number of carbonyl (C=O) groups excluding carboxylic acids is 2. The Hall–Kier alpha value is -2.40. The highest BCUT2D eigenvalue weighted by molar-refractivity contribution is 9.10. The van der Waals surface area contributed by atoms with Crippen molar-refractivity contribution in [2.75, 3.05) is 6.61 Å². The smallest absolute Gasteiger partial charge is 0.185 e. The molecule has 0 saturated carbocycles. The summed E-state index contributed by atoms with van der Waals surface area (Å²) in [5.41, 5.74) is 1.40. The quantitative estimate of drug-likeness (QED) is 0.586. The molecule has 0 radical (unpaired) electrons. The van der Waals surface area contributed by atoms with E-state index in [4.69, 9.17) is 4.74 Å². The average Bonchev–Trinajstić information content (AvgIpc) is 2.52. The monoisotopic (exact) mass is 359 g/mol.